The fourth-order valence-electron chi connectivity index (χ4n) is 2.33. The van der Waals surface area contributed by atoms with E-state index in [-0.39, 0.29) is 11.8 Å². The summed E-state index contributed by atoms with van der Waals surface area (Å²) in [6.45, 7) is 4.63. The van der Waals surface area contributed by atoms with Crippen molar-refractivity contribution in [1.29, 1.82) is 0 Å². The second kappa shape index (κ2) is 6.59. The molecule has 1 saturated carbocycles. The van der Waals surface area contributed by atoms with E-state index < -0.39 is 4.92 Å². The Hall–Kier alpha value is -1.78. The Morgan fingerprint density at radius 3 is 2.75 bits per heavy atom. The van der Waals surface area contributed by atoms with Crippen LogP contribution in [0.2, 0.25) is 0 Å². The first-order valence-corrected chi connectivity index (χ1v) is 7.25. The number of nitro benzene ring substituents is 1. The van der Waals surface area contributed by atoms with Gasteiger partial charge in [0.1, 0.15) is 0 Å². The molecule has 5 heteroatoms. The van der Waals surface area contributed by atoms with Crippen LogP contribution in [-0.4, -0.2) is 17.6 Å². The SMILES string of the molecule is CC(C)Oc1cc(NCCC2CCC2)ccc1[N+](=O)[O-]. The van der Waals surface area contributed by atoms with Crippen molar-refractivity contribution in [2.45, 2.75) is 45.6 Å². The summed E-state index contributed by atoms with van der Waals surface area (Å²) in [4.78, 5) is 10.6. The van der Waals surface area contributed by atoms with Gasteiger partial charge in [0.05, 0.1) is 11.0 Å². The van der Waals surface area contributed by atoms with E-state index in [9.17, 15) is 10.1 Å². The van der Waals surface area contributed by atoms with Gasteiger partial charge in [-0.3, -0.25) is 10.1 Å². The molecule has 0 aliphatic heterocycles. The van der Waals surface area contributed by atoms with Gasteiger partial charge in [-0.1, -0.05) is 19.3 Å². The van der Waals surface area contributed by atoms with Crippen molar-refractivity contribution < 1.29 is 9.66 Å². The van der Waals surface area contributed by atoms with Crippen molar-refractivity contribution in [3.05, 3.63) is 28.3 Å². The zero-order valence-corrected chi connectivity index (χ0v) is 12.1. The van der Waals surface area contributed by atoms with Crippen LogP contribution in [0.1, 0.15) is 39.5 Å². The third kappa shape index (κ3) is 3.85. The number of nitrogens with zero attached hydrogens (tertiary/aromatic N) is 1. The minimum absolute atomic E-state index is 0.0169. The Balaban J connectivity index is 1.99. The summed E-state index contributed by atoms with van der Waals surface area (Å²) < 4.78 is 5.53. The second-order valence-corrected chi connectivity index (χ2v) is 5.62. The van der Waals surface area contributed by atoms with E-state index in [2.05, 4.69) is 5.32 Å². The Morgan fingerprint density at radius 1 is 1.45 bits per heavy atom. The molecule has 0 amide bonds. The van der Waals surface area contributed by atoms with Crippen molar-refractivity contribution in [1.82, 2.24) is 0 Å². The zero-order valence-electron chi connectivity index (χ0n) is 12.1. The predicted molar refractivity (Wildman–Crippen MR) is 79.3 cm³/mol. The molecule has 0 saturated heterocycles. The van der Waals surface area contributed by atoms with Gasteiger partial charge in [-0.2, -0.15) is 0 Å². The number of nitro groups is 1. The molecule has 1 aliphatic rings. The Labute approximate surface area is 119 Å². The largest absolute Gasteiger partial charge is 0.484 e. The summed E-state index contributed by atoms with van der Waals surface area (Å²) in [7, 11) is 0. The van der Waals surface area contributed by atoms with Crippen LogP contribution in [0, 0.1) is 16.0 Å². The molecule has 0 atom stereocenters. The summed E-state index contributed by atoms with van der Waals surface area (Å²) in [5.74, 6) is 1.19. The normalized spacial score (nSPS) is 14.9. The smallest absolute Gasteiger partial charge is 0.311 e. The summed E-state index contributed by atoms with van der Waals surface area (Å²) in [6, 6.07) is 4.97. The van der Waals surface area contributed by atoms with E-state index in [1.54, 1.807) is 12.1 Å². The average Bonchev–Trinajstić information content (AvgIpc) is 2.31. The summed E-state index contributed by atoms with van der Waals surface area (Å²) in [5.41, 5.74) is 0.897. The van der Waals surface area contributed by atoms with Gasteiger partial charge in [0.15, 0.2) is 5.75 Å². The van der Waals surface area contributed by atoms with Crippen LogP contribution < -0.4 is 10.1 Å². The fraction of sp³-hybridized carbons (Fsp3) is 0.600. The highest BCUT2D eigenvalue weighted by Gasteiger charge is 2.18. The monoisotopic (exact) mass is 278 g/mol. The van der Waals surface area contributed by atoms with Crippen LogP contribution in [0.15, 0.2) is 18.2 Å². The maximum atomic E-state index is 11.0. The molecule has 20 heavy (non-hydrogen) atoms. The molecule has 2 rings (SSSR count). The molecule has 1 aliphatic carbocycles. The fourth-order valence-corrected chi connectivity index (χ4v) is 2.33. The molecular formula is C15H22N2O3. The number of hydrogen-bond acceptors (Lipinski definition) is 4. The average molecular weight is 278 g/mol. The molecule has 0 heterocycles. The van der Waals surface area contributed by atoms with Crippen LogP contribution in [0.5, 0.6) is 5.75 Å². The van der Waals surface area contributed by atoms with E-state index in [0.29, 0.717) is 5.75 Å². The molecule has 110 valence electrons. The molecular weight excluding hydrogens is 256 g/mol. The van der Waals surface area contributed by atoms with Crippen LogP contribution in [0.25, 0.3) is 0 Å². The van der Waals surface area contributed by atoms with E-state index in [0.717, 1.165) is 24.6 Å². The van der Waals surface area contributed by atoms with E-state index in [4.69, 9.17) is 4.74 Å². The lowest BCUT2D eigenvalue weighted by Crippen LogP contribution is -2.15. The van der Waals surface area contributed by atoms with E-state index >= 15 is 0 Å². The van der Waals surface area contributed by atoms with E-state index in [1.807, 2.05) is 13.8 Å². The number of nitrogens with one attached hydrogen (secondary N) is 1. The minimum Gasteiger partial charge on any atom is -0.484 e. The van der Waals surface area contributed by atoms with Gasteiger partial charge in [-0.15, -0.1) is 0 Å². The first-order chi connectivity index (χ1) is 9.56. The molecule has 1 aromatic carbocycles. The first kappa shape index (κ1) is 14.6. The molecule has 0 spiro atoms. The highest BCUT2D eigenvalue weighted by atomic mass is 16.6. The van der Waals surface area contributed by atoms with Crippen LogP contribution in [0.3, 0.4) is 0 Å². The van der Waals surface area contributed by atoms with Crippen LogP contribution >= 0.6 is 0 Å². The zero-order chi connectivity index (χ0) is 14.5. The highest BCUT2D eigenvalue weighted by Crippen LogP contribution is 2.32. The number of hydrogen-bond donors (Lipinski definition) is 1. The van der Waals surface area contributed by atoms with Crippen molar-refractivity contribution in [2.75, 3.05) is 11.9 Å². The topological polar surface area (TPSA) is 64.4 Å². The molecule has 0 radical (unpaired) electrons. The molecule has 0 bridgehead atoms. The van der Waals surface area contributed by atoms with Gasteiger partial charge in [-0.05, 0) is 32.3 Å². The standard InChI is InChI=1S/C15H22N2O3/c1-11(2)20-15-10-13(6-7-14(15)17(18)19)16-9-8-12-4-3-5-12/h6-7,10-12,16H,3-5,8-9H2,1-2H3. The summed E-state index contributed by atoms with van der Waals surface area (Å²) in [6.07, 6.45) is 5.11. The molecule has 1 aromatic rings. The van der Waals surface area contributed by atoms with Crippen molar-refractivity contribution in [3.63, 3.8) is 0 Å². The maximum Gasteiger partial charge on any atom is 0.311 e. The Kier molecular flexibility index (Phi) is 4.82. The summed E-state index contributed by atoms with van der Waals surface area (Å²) in [5, 5.41) is 14.3. The number of benzene rings is 1. The molecule has 1 N–H and O–H groups in total. The van der Waals surface area contributed by atoms with Gasteiger partial charge in [0, 0.05) is 24.4 Å². The molecule has 0 unspecified atom stereocenters. The van der Waals surface area contributed by atoms with Crippen molar-refractivity contribution in [2.24, 2.45) is 5.92 Å². The highest BCUT2D eigenvalue weighted by molar-refractivity contribution is 5.58. The van der Waals surface area contributed by atoms with Gasteiger partial charge >= 0.3 is 5.69 Å². The maximum absolute atomic E-state index is 11.0. The predicted octanol–water partition coefficient (Wildman–Crippen LogP) is 3.98. The Morgan fingerprint density at radius 2 is 2.20 bits per heavy atom. The summed E-state index contributed by atoms with van der Waals surface area (Å²) >= 11 is 0. The minimum atomic E-state index is -0.407. The molecule has 5 nitrogen and oxygen atoms in total. The number of rotatable bonds is 7. The van der Waals surface area contributed by atoms with Crippen molar-refractivity contribution >= 4 is 11.4 Å². The number of anilines is 1. The van der Waals surface area contributed by atoms with Gasteiger partial charge in [-0.25, -0.2) is 0 Å². The lowest BCUT2D eigenvalue weighted by Gasteiger charge is -2.25. The number of ether oxygens (including phenoxy) is 1. The van der Waals surface area contributed by atoms with Gasteiger partial charge in [0.2, 0.25) is 0 Å². The van der Waals surface area contributed by atoms with E-state index in [1.165, 1.54) is 25.3 Å². The van der Waals surface area contributed by atoms with Gasteiger partial charge in [0.25, 0.3) is 0 Å². The lowest BCUT2D eigenvalue weighted by atomic mass is 9.83. The van der Waals surface area contributed by atoms with Gasteiger partial charge < -0.3 is 10.1 Å². The Bertz CT molecular complexity index is 470. The lowest BCUT2D eigenvalue weighted by molar-refractivity contribution is -0.386. The molecule has 0 aromatic heterocycles. The van der Waals surface area contributed by atoms with Crippen molar-refractivity contribution in [3.8, 4) is 5.75 Å². The molecule has 1 fully saturated rings. The quantitative estimate of drug-likeness (QED) is 0.605. The third-order valence-corrected chi connectivity index (χ3v) is 3.63. The third-order valence-electron chi connectivity index (χ3n) is 3.63. The van der Waals surface area contributed by atoms with Crippen LogP contribution in [0.4, 0.5) is 11.4 Å². The second-order valence-electron chi connectivity index (χ2n) is 5.62. The first-order valence-electron chi connectivity index (χ1n) is 7.25. The van der Waals surface area contributed by atoms with Crippen LogP contribution in [-0.2, 0) is 0 Å².